The molecule has 0 aliphatic heterocycles. The van der Waals surface area contributed by atoms with Gasteiger partial charge in [0.2, 0.25) is 0 Å². The van der Waals surface area contributed by atoms with Crippen molar-refractivity contribution in [2.75, 3.05) is 19.8 Å². The van der Waals surface area contributed by atoms with Crippen molar-refractivity contribution >= 4 is 0 Å². The van der Waals surface area contributed by atoms with Crippen molar-refractivity contribution in [3.8, 4) is 0 Å². The van der Waals surface area contributed by atoms with Gasteiger partial charge in [-0.1, -0.05) is 29.8 Å². The molecule has 0 aliphatic carbocycles. The first kappa shape index (κ1) is 16.2. The van der Waals surface area contributed by atoms with E-state index in [0.29, 0.717) is 5.92 Å². The molecule has 1 atom stereocenters. The normalized spacial score (nSPS) is 13.5. The highest BCUT2D eigenvalue weighted by Crippen LogP contribution is 2.12. The Balaban J connectivity index is 2.58. The van der Waals surface area contributed by atoms with Gasteiger partial charge in [0.25, 0.3) is 0 Å². The molecule has 19 heavy (non-hydrogen) atoms. The van der Waals surface area contributed by atoms with Gasteiger partial charge >= 0.3 is 0 Å². The maximum atomic E-state index is 5.62. The number of ether oxygens (including phenoxy) is 1. The average Bonchev–Trinajstić information content (AvgIpc) is 2.31. The molecule has 108 valence electrons. The quantitative estimate of drug-likeness (QED) is 0.812. The summed E-state index contributed by atoms with van der Waals surface area (Å²) in [6, 6.07) is 8.77. The Labute approximate surface area is 118 Å². The highest BCUT2D eigenvalue weighted by molar-refractivity contribution is 5.22. The molecular formula is C17H29NO. The second-order valence-electron chi connectivity index (χ2n) is 6.35. The number of nitrogens with one attached hydrogen (secondary N) is 1. The zero-order valence-corrected chi connectivity index (χ0v) is 13.1. The standard InChI is InChI=1S/C17H29NO/c1-6-19-13-16(12-18-17(3,4)5)11-15-9-7-8-14(2)10-15/h7-10,16,18H,6,11-13H2,1-5H3. The van der Waals surface area contributed by atoms with Crippen LogP contribution in [0, 0.1) is 12.8 Å². The van der Waals surface area contributed by atoms with Gasteiger partial charge in [-0.15, -0.1) is 0 Å². The molecule has 1 N–H and O–H groups in total. The minimum Gasteiger partial charge on any atom is -0.381 e. The van der Waals surface area contributed by atoms with Crippen molar-refractivity contribution in [2.24, 2.45) is 5.92 Å². The lowest BCUT2D eigenvalue weighted by molar-refractivity contribution is 0.107. The van der Waals surface area contributed by atoms with Crippen molar-refractivity contribution in [2.45, 2.75) is 46.6 Å². The second-order valence-corrected chi connectivity index (χ2v) is 6.35. The lowest BCUT2D eigenvalue weighted by Crippen LogP contribution is -2.40. The minimum absolute atomic E-state index is 0.164. The Kier molecular flexibility index (Phi) is 6.53. The molecule has 1 unspecified atom stereocenters. The summed E-state index contributed by atoms with van der Waals surface area (Å²) >= 11 is 0. The van der Waals surface area contributed by atoms with Crippen LogP contribution in [-0.4, -0.2) is 25.3 Å². The van der Waals surface area contributed by atoms with E-state index in [2.05, 4.69) is 64.2 Å². The Bertz CT molecular complexity index is 368. The topological polar surface area (TPSA) is 21.3 Å². The lowest BCUT2D eigenvalue weighted by Gasteiger charge is -2.25. The molecule has 1 rings (SSSR count). The summed E-state index contributed by atoms with van der Waals surface area (Å²) < 4.78 is 5.62. The molecule has 0 aromatic heterocycles. The molecule has 0 saturated carbocycles. The van der Waals surface area contributed by atoms with Crippen LogP contribution >= 0.6 is 0 Å². The molecule has 0 aliphatic rings. The molecule has 0 bridgehead atoms. The van der Waals surface area contributed by atoms with Crippen LogP contribution in [0.4, 0.5) is 0 Å². The van der Waals surface area contributed by atoms with E-state index in [9.17, 15) is 0 Å². The second kappa shape index (κ2) is 7.66. The molecule has 0 amide bonds. The number of aryl methyl sites for hydroxylation is 1. The zero-order chi connectivity index (χ0) is 14.3. The summed E-state index contributed by atoms with van der Waals surface area (Å²) in [6.07, 6.45) is 1.07. The number of rotatable bonds is 7. The van der Waals surface area contributed by atoms with E-state index in [0.717, 1.165) is 26.2 Å². The van der Waals surface area contributed by atoms with Gasteiger partial charge in [0.1, 0.15) is 0 Å². The van der Waals surface area contributed by atoms with Gasteiger partial charge in [-0.05, 0) is 52.5 Å². The fraction of sp³-hybridized carbons (Fsp3) is 0.647. The lowest BCUT2D eigenvalue weighted by atomic mass is 9.97. The zero-order valence-electron chi connectivity index (χ0n) is 13.1. The maximum Gasteiger partial charge on any atom is 0.0509 e. The maximum absolute atomic E-state index is 5.62. The molecule has 2 nitrogen and oxygen atoms in total. The summed E-state index contributed by atoms with van der Waals surface area (Å²) in [7, 11) is 0. The highest BCUT2D eigenvalue weighted by Gasteiger charge is 2.15. The van der Waals surface area contributed by atoms with Crippen molar-refractivity contribution in [1.29, 1.82) is 0 Å². The first-order valence-corrected chi connectivity index (χ1v) is 7.29. The first-order chi connectivity index (χ1) is 8.90. The van der Waals surface area contributed by atoms with E-state index >= 15 is 0 Å². The molecule has 0 heterocycles. The molecule has 1 aromatic carbocycles. The van der Waals surface area contributed by atoms with E-state index in [1.54, 1.807) is 0 Å². The fourth-order valence-corrected chi connectivity index (χ4v) is 2.10. The van der Waals surface area contributed by atoms with E-state index in [-0.39, 0.29) is 5.54 Å². The third-order valence-electron chi connectivity index (χ3n) is 3.09. The van der Waals surface area contributed by atoms with Crippen LogP contribution in [0.15, 0.2) is 24.3 Å². The molecule has 0 fully saturated rings. The van der Waals surface area contributed by atoms with Gasteiger partial charge < -0.3 is 10.1 Å². The van der Waals surface area contributed by atoms with Gasteiger partial charge in [-0.2, -0.15) is 0 Å². The molecule has 2 heteroatoms. The largest absolute Gasteiger partial charge is 0.381 e. The Morgan fingerprint density at radius 2 is 2.00 bits per heavy atom. The van der Waals surface area contributed by atoms with Gasteiger partial charge in [-0.25, -0.2) is 0 Å². The number of hydrogen-bond acceptors (Lipinski definition) is 2. The molecular weight excluding hydrogens is 234 g/mol. The van der Waals surface area contributed by atoms with Crippen molar-refractivity contribution in [3.05, 3.63) is 35.4 Å². The van der Waals surface area contributed by atoms with Crippen LogP contribution in [-0.2, 0) is 11.2 Å². The Morgan fingerprint density at radius 1 is 1.26 bits per heavy atom. The third kappa shape index (κ3) is 7.34. The predicted octanol–water partition coefficient (Wildman–Crippen LogP) is 3.58. The summed E-state index contributed by atoms with van der Waals surface area (Å²) in [5.74, 6) is 0.529. The van der Waals surface area contributed by atoms with Crippen LogP contribution in [0.2, 0.25) is 0 Å². The fourth-order valence-electron chi connectivity index (χ4n) is 2.10. The first-order valence-electron chi connectivity index (χ1n) is 7.29. The Hall–Kier alpha value is -0.860. The monoisotopic (exact) mass is 263 g/mol. The summed E-state index contributed by atoms with van der Waals surface area (Å²) in [5.41, 5.74) is 2.90. The predicted molar refractivity (Wildman–Crippen MR) is 82.6 cm³/mol. The van der Waals surface area contributed by atoms with Gasteiger partial charge in [0.05, 0.1) is 6.61 Å². The van der Waals surface area contributed by atoms with E-state index in [1.807, 2.05) is 0 Å². The number of benzene rings is 1. The van der Waals surface area contributed by atoms with E-state index in [1.165, 1.54) is 11.1 Å². The third-order valence-corrected chi connectivity index (χ3v) is 3.09. The number of hydrogen-bond donors (Lipinski definition) is 1. The van der Waals surface area contributed by atoms with Crippen molar-refractivity contribution in [1.82, 2.24) is 5.32 Å². The van der Waals surface area contributed by atoms with Crippen molar-refractivity contribution < 1.29 is 4.74 Å². The highest BCUT2D eigenvalue weighted by atomic mass is 16.5. The minimum atomic E-state index is 0.164. The van der Waals surface area contributed by atoms with Crippen LogP contribution < -0.4 is 5.32 Å². The summed E-state index contributed by atoms with van der Waals surface area (Å²) in [4.78, 5) is 0. The molecule has 0 radical (unpaired) electrons. The van der Waals surface area contributed by atoms with E-state index < -0.39 is 0 Å². The van der Waals surface area contributed by atoms with Gasteiger partial charge in [0, 0.05) is 18.7 Å². The van der Waals surface area contributed by atoms with Crippen molar-refractivity contribution in [3.63, 3.8) is 0 Å². The Morgan fingerprint density at radius 3 is 2.58 bits per heavy atom. The average molecular weight is 263 g/mol. The van der Waals surface area contributed by atoms with Crippen LogP contribution in [0.5, 0.6) is 0 Å². The van der Waals surface area contributed by atoms with Gasteiger partial charge in [-0.3, -0.25) is 0 Å². The van der Waals surface area contributed by atoms with Crippen LogP contribution in [0.25, 0.3) is 0 Å². The SMILES string of the molecule is CCOCC(CNC(C)(C)C)Cc1cccc(C)c1. The smallest absolute Gasteiger partial charge is 0.0509 e. The molecule has 1 aromatic rings. The molecule has 0 saturated heterocycles. The van der Waals surface area contributed by atoms with Crippen LogP contribution in [0.3, 0.4) is 0 Å². The van der Waals surface area contributed by atoms with Gasteiger partial charge in [0.15, 0.2) is 0 Å². The van der Waals surface area contributed by atoms with Crippen LogP contribution in [0.1, 0.15) is 38.8 Å². The van der Waals surface area contributed by atoms with E-state index in [4.69, 9.17) is 4.74 Å². The summed E-state index contributed by atoms with van der Waals surface area (Å²) in [5, 5.41) is 3.59. The molecule has 0 spiro atoms. The summed E-state index contributed by atoms with van der Waals surface area (Å²) in [6.45, 7) is 13.4.